The topological polar surface area (TPSA) is 86.7 Å². The van der Waals surface area contributed by atoms with E-state index in [-0.39, 0.29) is 18.9 Å². The number of carboxylic acids is 1. The first kappa shape index (κ1) is 13.1. The van der Waals surface area contributed by atoms with Crippen LogP contribution in [0.15, 0.2) is 24.3 Å². The molecular formula is C13H14N2O4. The van der Waals surface area contributed by atoms with Gasteiger partial charge in [-0.3, -0.25) is 24.8 Å². The van der Waals surface area contributed by atoms with Gasteiger partial charge in [0.1, 0.15) is 0 Å². The lowest BCUT2D eigenvalue weighted by Crippen LogP contribution is -2.43. The maximum absolute atomic E-state index is 12.0. The number of hydrazine groups is 1. The molecule has 1 saturated heterocycles. The van der Waals surface area contributed by atoms with Crippen LogP contribution in [-0.2, 0) is 9.59 Å². The van der Waals surface area contributed by atoms with E-state index in [4.69, 9.17) is 5.11 Å². The Morgan fingerprint density at radius 1 is 1.37 bits per heavy atom. The van der Waals surface area contributed by atoms with Crippen molar-refractivity contribution < 1.29 is 19.5 Å². The Morgan fingerprint density at radius 3 is 2.63 bits per heavy atom. The average Bonchev–Trinajstić information content (AvgIpc) is 2.71. The second-order valence-electron chi connectivity index (χ2n) is 4.50. The fourth-order valence-corrected chi connectivity index (χ4v) is 1.99. The number of carbonyl (C=O) groups excluding carboxylic acids is 2. The molecule has 2 N–H and O–H groups in total. The summed E-state index contributed by atoms with van der Waals surface area (Å²) in [6.07, 6.45) is -0.0800. The highest BCUT2D eigenvalue weighted by molar-refractivity contribution is 5.97. The summed E-state index contributed by atoms with van der Waals surface area (Å²) in [6, 6.07) is 6.99. The molecule has 0 aliphatic carbocycles. The molecule has 1 heterocycles. The molecule has 2 rings (SSSR count). The van der Waals surface area contributed by atoms with Crippen molar-refractivity contribution >= 4 is 17.8 Å². The molecule has 6 nitrogen and oxygen atoms in total. The van der Waals surface area contributed by atoms with Crippen molar-refractivity contribution in [3.63, 3.8) is 0 Å². The number of aliphatic carboxylic acids is 1. The predicted octanol–water partition coefficient (Wildman–Crippen LogP) is 0.573. The Bertz CT molecular complexity index is 541. The molecule has 1 aliphatic heterocycles. The number of carbonyl (C=O) groups is 3. The zero-order valence-corrected chi connectivity index (χ0v) is 10.4. The molecule has 0 saturated carbocycles. The van der Waals surface area contributed by atoms with Crippen LogP contribution in [0.1, 0.15) is 22.3 Å². The lowest BCUT2D eigenvalue weighted by atomic mass is 10.1. The van der Waals surface area contributed by atoms with Gasteiger partial charge in [-0.25, -0.2) is 0 Å². The first-order chi connectivity index (χ1) is 8.99. The maximum atomic E-state index is 12.0. The number of nitrogens with zero attached hydrogens (tertiary/aromatic N) is 1. The van der Waals surface area contributed by atoms with E-state index in [1.54, 1.807) is 25.1 Å². The summed E-state index contributed by atoms with van der Waals surface area (Å²) in [4.78, 5) is 34.4. The van der Waals surface area contributed by atoms with Gasteiger partial charge in [0.05, 0.1) is 12.5 Å². The van der Waals surface area contributed by atoms with Crippen molar-refractivity contribution in [3.05, 3.63) is 35.4 Å². The van der Waals surface area contributed by atoms with Crippen LogP contribution in [0, 0.1) is 12.8 Å². The first-order valence-electron chi connectivity index (χ1n) is 5.89. The summed E-state index contributed by atoms with van der Waals surface area (Å²) < 4.78 is 0. The Kier molecular flexibility index (Phi) is 3.50. The Morgan fingerprint density at radius 2 is 2.05 bits per heavy atom. The van der Waals surface area contributed by atoms with Crippen molar-refractivity contribution in [1.82, 2.24) is 10.4 Å². The van der Waals surface area contributed by atoms with Crippen molar-refractivity contribution in [3.8, 4) is 0 Å². The number of hydrogen-bond acceptors (Lipinski definition) is 3. The number of aryl methyl sites for hydroxylation is 1. The van der Waals surface area contributed by atoms with Gasteiger partial charge in [-0.15, -0.1) is 0 Å². The Balaban J connectivity index is 2.06. The molecule has 1 aliphatic rings. The van der Waals surface area contributed by atoms with Crippen molar-refractivity contribution in [1.29, 1.82) is 0 Å². The minimum absolute atomic E-state index is 0.00574. The standard InChI is InChI=1S/C13H14N2O4/c1-8-4-2-3-5-10(8)12(17)14-15-7-9(13(18)19)6-11(15)16/h2-5,9H,6-7H2,1H3,(H,14,17)(H,18,19)/t9-/m1/s1. The second kappa shape index (κ2) is 5.09. The maximum Gasteiger partial charge on any atom is 0.308 e. The summed E-state index contributed by atoms with van der Waals surface area (Å²) in [5.41, 5.74) is 3.71. The van der Waals surface area contributed by atoms with E-state index in [0.717, 1.165) is 10.6 Å². The highest BCUT2D eigenvalue weighted by atomic mass is 16.4. The number of carboxylic acid groups (broad SMARTS) is 1. The van der Waals surface area contributed by atoms with Crippen LogP contribution in [0.2, 0.25) is 0 Å². The number of amides is 2. The van der Waals surface area contributed by atoms with E-state index in [1.165, 1.54) is 0 Å². The smallest absolute Gasteiger partial charge is 0.308 e. The number of nitrogens with one attached hydrogen (secondary N) is 1. The second-order valence-corrected chi connectivity index (χ2v) is 4.50. The quantitative estimate of drug-likeness (QED) is 0.834. The third-order valence-electron chi connectivity index (χ3n) is 3.10. The molecule has 1 aromatic carbocycles. The zero-order chi connectivity index (χ0) is 14.0. The molecule has 0 spiro atoms. The molecule has 19 heavy (non-hydrogen) atoms. The van der Waals surface area contributed by atoms with Gasteiger partial charge >= 0.3 is 5.97 Å². The molecular weight excluding hydrogens is 248 g/mol. The molecule has 0 unspecified atom stereocenters. The van der Waals surface area contributed by atoms with Crippen LogP contribution < -0.4 is 5.43 Å². The molecule has 0 aromatic heterocycles. The summed E-state index contributed by atoms with van der Waals surface area (Å²) >= 11 is 0. The van der Waals surface area contributed by atoms with Gasteiger partial charge in [0.25, 0.3) is 5.91 Å². The Hall–Kier alpha value is -2.37. The Labute approximate surface area is 110 Å². The highest BCUT2D eigenvalue weighted by Gasteiger charge is 2.35. The summed E-state index contributed by atoms with van der Waals surface area (Å²) in [7, 11) is 0. The number of benzene rings is 1. The highest BCUT2D eigenvalue weighted by Crippen LogP contribution is 2.16. The normalized spacial score (nSPS) is 18.5. The van der Waals surface area contributed by atoms with Gasteiger partial charge in [-0.1, -0.05) is 18.2 Å². The SMILES string of the molecule is Cc1ccccc1C(=O)NN1C[C@H](C(=O)O)CC1=O. The summed E-state index contributed by atoms with van der Waals surface area (Å²) in [5.74, 6) is -2.57. The van der Waals surface area contributed by atoms with Crippen LogP contribution >= 0.6 is 0 Å². The molecule has 100 valence electrons. The predicted molar refractivity (Wildman–Crippen MR) is 66.1 cm³/mol. The lowest BCUT2D eigenvalue weighted by molar-refractivity contribution is -0.141. The van der Waals surface area contributed by atoms with Crippen LogP contribution in [-0.4, -0.2) is 34.4 Å². The van der Waals surface area contributed by atoms with E-state index in [2.05, 4.69) is 5.43 Å². The van der Waals surface area contributed by atoms with Gasteiger partial charge in [0.15, 0.2) is 0 Å². The molecule has 0 radical (unpaired) electrons. The monoisotopic (exact) mass is 262 g/mol. The molecule has 0 bridgehead atoms. The van der Waals surface area contributed by atoms with Crippen LogP contribution in [0.5, 0.6) is 0 Å². The van der Waals surface area contributed by atoms with Crippen molar-refractivity contribution in [2.24, 2.45) is 5.92 Å². The van der Waals surface area contributed by atoms with E-state index in [9.17, 15) is 14.4 Å². The van der Waals surface area contributed by atoms with Crippen LogP contribution in [0.3, 0.4) is 0 Å². The first-order valence-corrected chi connectivity index (χ1v) is 5.89. The fraction of sp³-hybridized carbons (Fsp3) is 0.308. The minimum Gasteiger partial charge on any atom is -0.481 e. The van der Waals surface area contributed by atoms with Gasteiger partial charge in [0, 0.05) is 12.0 Å². The molecule has 1 aromatic rings. The third-order valence-corrected chi connectivity index (χ3v) is 3.10. The summed E-state index contributed by atoms with van der Waals surface area (Å²) in [6.45, 7) is 1.80. The zero-order valence-electron chi connectivity index (χ0n) is 10.4. The number of hydrogen-bond donors (Lipinski definition) is 2. The van der Waals surface area contributed by atoms with Crippen LogP contribution in [0.4, 0.5) is 0 Å². The molecule has 6 heteroatoms. The van der Waals surface area contributed by atoms with Crippen molar-refractivity contribution in [2.45, 2.75) is 13.3 Å². The van der Waals surface area contributed by atoms with E-state index in [0.29, 0.717) is 5.56 Å². The minimum atomic E-state index is -1.03. The summed E-state index contributed by atoms with van der Waals surface area (Å²) in [5, 5.41) is 9.93. The molecule has 1 fully saturated rings. The van der Waals surface area contributed by atoms with Gasteiger partial charge in [-0.05, 0) is 18.6 Å². The molecule has 1 atom stereocenters. The molecule has 2 amide bonds. The largest absolute Gasteiger partial charge is 0.481 e. The lowest BCUT2D eigenvalue weighted by Gasteiger charge is -2.17. The van der Waals surface area contributed by atoms with Gasteiger partial charge in [-0.2, -0.15) is 0 Å². The van der Waals surface area contributed by atoms with E-state index in [1.807, 2.05) is 6.07 Å². The van der Waals surface area contributed by atoms with Gasteiger partial charge in [0.2, 0.25) is 5.91 Å². The third kappa shape index (κ3) is 2.73. The van der Waals surface area contributed by atoms with E-state index >= 15 is 0 Å². The van der Waals surface area contributed by atoms with Gasteiger partial charge < -0.3 is 5.11 Å². The number of rotatable bonds is 3. The van der Waals surface area contributed by atoms with E-state index < -0.39 is 17.8 Å². The fourth-order valence-electron chi connectivity index (χ4n) is 1.99. The van der Waals surface area contributed by atoms with Crippen molar-refractivity contribution in [2.75, 3.05) is 6.54 Å². The average molecular weight is 262 g/mol. The van der Waals surface area contributed by atoms with Crippen LogP contribution in [0.25, 0.3) is 0 Å².